The van der Waals surface area contributed by atoms with Crippen LogP contribution in [-0.2, 0) is 4.74 Å². The van der Waals surface area contributed by atoms with E-state index in [2.05, 4.69) is 4.85 Å². The quantitative estimate of drug-likeness (QED) is 0.476. The molecule has 0 N–H and O–H groups in total. The molecule has 1 fully saturated rings. The van der Waals surface area contributed by atoms with E-state index in [1.165, 1.54) is 6.07 Å². The van der Waals surface area contributed by atoms with Crippen molar-refractivity contribution >= 4 is 5.69 Å². The van der Waals surface area contributed by atoms with Gasteiger partial charge in [0.1, 0.15) is 11.9 Å². The van der Waals surface area contributed by atoms with Crippen LogP contribution in [-0.4, -0.2) is 6.61 Å². The van der Waals surface area contributed by atoms with Gasteiger partial charge in [0.15, 0.2) is 0 Å². The fourth-order valence-corrected chi connectivity index (χ4v) is 1.40. The Morgan fingerprint density at radius 2 is 2.31 bits per heavy atom. The monoisotopic (exact) mass is 177 g/mol. The molecule has 0 radical (unpaired) electrons. The van der Waals surface area contributed by atoms with Crippen LogP contribution in [0.25, 0.3) is 4.85 Å². The van der Waals surface area contributed by atoms with Gasteiger partial charge in [-0.2, -0.15) is 0 Å². The second kappa shape index (κ2) is 2.82. The Balaban J connectivity index is 2.56. The smallest absolute Gasteiger partial charge is 0.225 e. The molecule has 0 aliphatic carbocycles. The lowest BCUT2D eigenvalue weighted by molar-refractivity contribution is 0.415. The first-order chi connectivity index (χ1) is 6.24. The predicted molar refractivity (Wildman–Crippen MR) is 46.1 cm³/mol. The maximum absolute atomic E-state index is 13.1. The minimum Gasteiger partial charge on any atom is -0.368 e. The second-order valence-corrected chi connectivity index (χ2v) is 3.04. The zero-order valence-corrected chi connectivity index (χ0v) is 7.17. The normalized spacial score (nSPS) is 19.6. The molecule has 2 rings (SSSR count). The number of ether oxygens (including phenoxy) is 1. The lowest BCUT2D eigenvalue weighted by Gasteiger charge is -2.04. The highest BCUT2D eigenvalue weighted by atomic mass is 19.1. The number of hydrogen-bond donors (Lipinski definition) is 0. The SMILES string of the molecule is [C-]#[N+]c1c(F)ccc(C2CO2)c1C. The summed E-state index contributed by atoms with van der Waals surface area (Å²) in [6.45, 7) is 9.27. The summed E-state index contributed by atoms with van der Waals surface area (Å²) >= 11 is 0. The summed E-state index contributed by atoms with van der Waals surface area (Å²) in [5.41, 5.74) is 1.76. The van der Waals surface area contributed by atoms with Crippen molar-refractivity contribution < 1.29 is 9.13 Å². The summed E-state index contributed by atoms with van der Waals surface area (Å²) < 4.78 is 18.1. The Kier molecular flexibility index (Phi) is 1.78. The third-order valence-corrected chi connectivity index (χ3v) is 2.22. The van der Waals surface area contributed by atoms with Crippen molar-refractivity contribution in [3.8, 4) is 0 Å². The summed E-state index contributed by atoms with van der Waals surface area (Å²) in [5, 5.41) is 0. The van der Waals surface area contributed by atoms with Crippen molar-refractivity contribution in [1.82, 2.24) is 0 Å². The largest absolute Gasteiger partial charge is 0.368 e. The van der Waals surface area contributed by atoms with Gasteiger partial charge < -0.3 is 4.74 Å². The fourth-order valence-electron chi connectivity index (χ4n) is 1.40. The highest BCUT2D eigenvalue weighted by Crippen LogP contribution is 2.36. The molecule has 1 unspecified atom stereocenters. The van der Waals surface area contributed by atoms with Gasteiger partial charge in [0.25, 0.3) is 0 Å². The van der Waals surface area contributed by atoms with Crippen LogP contribution in [0.5, 0.6) is 0 Å². The van der Waals surface area contributed by atoms with Crippen LogP contribution in [0.4, 0.5) is 10.1 Å². The fraction of sp³-hybridized carbons (Fsp3) is 0.300. The van der Waals surface area contributed by atoms with E-state index in [-0.39, 0.29) is 11.8 Å². The van der Waals surface area contributed by atoms with E-state index in [1.807, 2.05) is 0 Å². The Labute approximate surface area is 75.8 Å². The van der Waals surface area contributed by atoms with Crippen LogP contribution in [0, 0.1) is 19.3 Å². The first-order valence-electron chi connectivity index (χ1n) is 4.02. The van der Waals surface area contributed by atoms with E-state index in [9.17, 15) is 4.39 Å². The van der Waals surface area contributed by atoms with Crippen molar-refractivity contribution in [2.24, 2.45) is 0 Å². The van der Waals surface area contributed by atoms with Gasteiger partial charge in [-0.05, 0) is 24.1 Å². The first kappa shape index (κ1) is 8.21. The molecule has 1 atom stereocenters. The van der Waals surface area contributed by atoms with E-state index >= 15 is 0 Å². The van der Waals surface area contributed by atoms with Crippen LogP contribution in [0.1, 0.15) is 17.2 Å². The first-order valence-corrected chi connectivity index (χ1v) is 4.02. The number of hydrogen-bond acceptors (Lipinski definition) is 1. The number of halogens is 1. The summed E-state index contributed by atoms with van der Waals surface area (Å²) in [5.74, 6) is -0.447. The van der Waals surface area contributed by atoms with Crippen LogP contribution < -0.4 is 0 Å². The Hall–Kier alpha value is -1.40. The Morgan fingerprint density at radius 1 is 1.62 bits per heavy atom. The predicted octanol–water partition coefficient (Wildman–Crippen LogP) is 2.76. The van der Waals surface area contributed by atoms with Crippen LogP contribution in [0.15, 0.2) is 12.1 Å². The molecular formula is C10H8FNO. The molecule has 3 heteroatoms. The number of nitrogens with zero attached hydrogens (tertiary/aromatic N) is 1. The molecule has 1 aliphatic rings. The minimum absolute atomic E-state index is 0.0844. The van der Waals surface area contributed by atoms with Crippen molar-refractivity contribution in [3.63, 3.8) is 0 Å². The number of rotatable bonds is 1. The molecule has 2 nitrogen and oxygen atoms in total. The zero-order valence-electron chi connectivity index (χ0n) is 7.17. The lowest BCUT2D eigenvalue weighted by atomic mass is 10.0. The molecule has 1 saturated heterocycles. The van der Waals surface area contributed by atoms with Crippen molar-refractivity contribution in [1.29, 1.82) is 0 Å². The average Bonchev–Trinajstić information content (AvgIpc) is 2.88. The molecule has 66 valence electrons. The van der Waals surface area contributed by atoms with Crippen molar-refractivity contribution in [2.45, 2.75) is 13.0 Å². The van der Waals surface area contributed by atoms with E-state index in [1.54, 1.807) is 13.0 Å². The molecule has 1 aliphatic heterocycles. The summed E-state index contributed by atoms with van der Waals surface area (Å²) in [6, 6.07) is 3.02. The van der Waals surface area contributed by atoms with Crippen molar-refractivity contribution in [3.05, 3.63) is 40.5 Å². The standard InChI is InChI=1S/C10H8FNO/c1-6-7(9-5-13-9)3-4-8(11)10(6)12-2/h3-4,9H,5H2,1H3. The molecule has 0 bridgehead atoms. The summed E-state index contributed by atoms with van der Waals surface area (Å²) in [4.78, 5) is 3.16. The lowest BCUT2D eigenvalue weighted by Crippen LogP contribution is -1.89. The molecule has 1 aromatic rings. The summed E-state index contributed by atoms with van der Waals surface area (Å²) in [7, 11) is 0. The number of benzene rings is 1. The molecule has 1 aromatic carbocycles. The Morgan fingerprint density at radius 3 is 2.85 bits per heavy atom. The minimum atomic E-state index is -0.447. The van der Waals surface area contributed by atoms with Gasteiger partial charge in [-0.3, -0.25) is 0 Å². The molecule has 0 aromatic heterocycles. The third kappa shape index (κ3) is 1.30. The maximum Gasteiger partial charge on any atom is 0.225 e. The number of epoxide rings is 1. The van der Waals surface area contributed by atoms with E-state index in [0.717, 1.165) is 5.56 Å². The third-order valence-electron chi connectivity index (χ3n) is 2.22. The molecule has 0 spiro atoms. The van der Waals surface area contributed by atoms with Gasteiger partial charge >= 0.3 is 0 Å². The average molecular weight is 177 g/mol. The summed E-state index contributed by atoms with van der Waals surface area (Å²) in [6.07, 6.45) is 0.0844. The molecular weight excluding hydrogens is 169 g/mol. The Bertz CT molecular complexity index is 391. The molecule has 0 saturated carbocycles. The highest BCUT2D eigenvalue weighted by molar-refractivity contribution is 5.57. The van der Waals surface area contributed by atoms with Gasteiger partial charge in [-0.15, -0.1) is 0 Å². The van der Waals surface area contributed by atoms with Crippen molar-refractivity contribution in [2.75, 3.05) is 6.61 Å². The molecule has 1 heterocycles. The van der Waals surface area contributed by atoms with Crippen LogP contribution in [0.2, 0.25) is 0 Å². The van der Waals surface area contributed by atoms with Gasteiger partial charge in [-0.25, -0.2) is 9.24 Å². The van der Waals surface area contributed by atoms with Gasteiger partial charge in [0, 0.05) is 0 Å². The van der Waals surface area contributed by atoms with Gasteiger partial charge in [0.05, 0.1) is 13.2 Å². The van der Waals surface area contributed by atoms with Gasteiger partial charge in [0.2, 0.25) is 5.69 Å². The highest BCUT2D eigenvalue weighted by Gasteiger charge is 2.27. The van der Waals surface area contributed by atoms with E-state index in [4.69, 9.17) is 11.3 Å². The maximum atomic E-state index is 13.1. The van der Waals surface area contributed by atoms with Crippen LogP contribution >= 0.6 is 0 Å². The molecule has 13 heavy (non-hydrogen) atoms. The topological polar surface area (TPSA) is 16.9 Å². The van der Waals surface area contributed by atoms with E-state index < -0.39 is 5.82 Å². The van der Waals surface area contributed by atoms with Gasteiger partial charge in [-0.1, -0.05) is 6.07 Å². The van der Waals surface area contributed by atoms with E-state index in [0.29, 0.717) is 12.2 Å². The zero-order chi connectivity index (χ0) is 9.42. The van der Waals surface area contributed by atoms with Crippen LogP contribution in [0.3, 0.4) is 0 Å². The second-order valence-electron chi connectivity index (χ2n) is 3.04. The molecule has 0 amide bonds.